The van der Waals surface area contributed by atoms with Gasteiger partial charge >= 0.3 is 6.09 Å². The summed E-state index contributed by atoms with van der Waals surface area (Å²) in [7, 11) is 8.09. The molecule has 0 aliphatic heterocycles. The SMILES string of the molecule is Cn1cc(NC(=O)c2nc(NC(=O)CCNC(=O)c3cc(NC(=O)c4nccn4C)cn3C)cn2C)cc1C(=O)NCCC(=O)Nc1cn(C)c(C(=O)NCCOCCOc2ccc(NC(=O)OCc3ccccc3)cc2)n1. The van der Waals surface area contributed by atoms with Gasteiger partial charge in [0.25, 0.3) is 29.5 Å². The van der Waals surface area contributed by atoms with Gasteiger partial charge in [0.15, 0.2) is 17.5 Å². The smallest absolute Gasteiger partial charge is 0.411 e. The molecule has 0 fully saturated rings. The molecule has 0 spiro atoms. The fourth-order valence-electron chi connectivity index (χ4n) is 7.47. The van der Waals surface area contributed by atoms with E-state index < -0.39 is 47.4 Å². The number of hydrogen-bond donors (Lipinski definition) is 8. The van der Waals surface area contributed by atoms with Gasteiger partial charge in [-0.25, -0.2) is 19.7 Å². The van der Waals surface area contributed by atoms with Crippen LogP contribution in [-0.2, 0) is 60.9 Å². The van der Waals surface area contributed by atoms with Crippen LogP contribution in [-0.4, -0.2) is 125 Å². The van der Waals surface area contributed by atoms with Crippen molar-refractivity contribution < 1.29 is 52.6 Å². The van der Waals surface area contributed by atoms with E-state index >= 15 is 0 Å². The van der Waals surface area contributed by atoms with Gasteiger partial charge in [0.05, 0.1) is 24.6 Å². The first-order chi connectivity index (χ1) is 37.5. The van der Waals surface area contributed by atoms with Crippen LogP contribution in [0, 0.1) is 0 Å². The van der Waals surface area contributed by atoms with Crippen molar-refractivity contribution in [1.29, 1.82) is 0 Å². The molecule has 408 valence electrons. The normalized spacial score (nSPS) is 10.8. The summed E-state index contributed by atoms with van der Waals surface area (Å²) < 4.78 is 23.9. The molecule has 8 N–H and O–H groups in total. The number of aromatic nitrogens is 8. The molecule has 78 heavy (non-hydrogen) atoms. The summed E-state index contributed by atoms with van der Waals surface area (Å²) >= 11 is 0. The average molecular weight is 1070 g/mol. The predicted molar refractivity (Wildman–Crippen MR) is 283 cm³/mol. The van der Waals surface area contributed by atoms with Crippen molar-refractivity contribution in [2.75, 3.05) is 66.0 Å². The summed E-state index contributed by atoms with van der Waals surface area (Å²) in [5.41, 5.74) is 2.52. The maximum absolute atomic E-state index is 13.2. The van der Waals surface area contributed by atoms with Gasteiger partial charge in [0.1, 0.15) is 30.4 Å². The summed E-state index contributed by atoms with van der Waals surface area (Å²) in [4.78, 5) is 115. The molecule has 7 aromatic rings. The molecule has 2 aromatic carbocycles. The second-order valence-electron chi connectivity index (χ2n) is 17.4. The Morgan fingerprint density at radius 1 is 0.500 bits per heavy atom. The molecule has 0 aliphatic rings. The van der Waals surface area contributed by atoms with Crippen molar-refractivity contribution in [1.82, 2.24) is 53.7 Å². The molecule has 0 aliphatic carbocycles. The first-order valence-electron chi connectivity index (χ1n) is 24.2. The number of anilines is 5. The Balaban J connectivity index is 0.750. The highest BCUT2D eigenvalue weighted by atomic mass is 16.5. The number of hydrogen-bond acceptors (Lipinski definition) is 14. The van der Waals surface area contributed by atoms with Crippen LogP contribution in [0.1, 0.15) is 71.2 Å². The van der Waals surface area contributed by atoms with Crippen LogP contribution in [0.4, 0.5) is 33.5 Å². The van der Waals surface area contributed by atoms with E-state index in [2.05, 4.69) is 57.5 Å². The Kier molecular flexibility index (Phi) is 18.9. The molecule has 0 bridgehead atoms. The molecule has 0 unspecified atom stereocenters. The molecule has 27 nitrogen and oxygen atoms in total. The van der Waals surface area contributed by atoms with Crippen molar-refractivity contribution in [3.63, 3.8) is 0 Å². The molecule has 5 aromatic heterocycles. The van der Waals surface area contributed by atoms with Gasteiger partial charge in [-0.1, -0.05) is 30.3 Å². The monoisotopic (exact) mass is 1070 g/mol. The largest absolute Gasteiger partial charge is 0.491 e. The van der Waals surface area contributed by atoms with Gasteiger partial charge in [-0.2, -0.15) is 0 Å². The lowest BCUT2D eigenvalue weighted by molar-refractivity contribution is -0.116. The third-order valence-corrected chi connectivity index (χ3v) is 11.3. The highest BCUT2D eigenvalue weighted by Gasteiger charge is 2.21. The summed E-state index contributed by atoms with van der Waals surface area (Å²) in [6.07, 6.45) is 8.34. The van der Waals surface area contributed by atoms with Crippen LogP contribution in [0.5, 0.6) is 5.75 Å². The molecular weight excluding hydrogens is 1010 g/mol. The van der Waals surface area contributed by atoms with Gasteiger partial charge in [-0.05, 0) is 42.0 Å². The van der Waals surface area contributed by atoms with Crippen molar-refractivity contribution in [2.45, 2.75) is 19.4 Å². The number of carbonyl (C=O) groups excluding carboxylic acids is 8. The number of nitrogens with zero attached hydrogens (tertiary/aromatic N) is 8. The lowest BCUT2D eigenvalue weighted by Gasteiger charge is -2.10. The number of aryl methyl sites for hydroxylation is 5. The first kappa shape index (κ1) is 55.7. The van der Waals surface area contributed by atoms with Crippen molar-refractivity contribution >= 4 is 76.1 Å². The molecule has 0 saturated heterocycles. The second kappa shape index (κ2) is 26.4. The topological polar surface area (TPSA) is 324 Å². The summed E-state index contributed by atoms with van der Waals surface area (Å²) in [5.74, 6) is -2.49. The minimum absolute atomic E-state index is 0.0208. The number of nitrogens with one attached hydrogen (secondary N) is 8. The molecule has 0 saturated carbocycles. The average Bonchev–Trinajstić information content (AvgIpc) is 4.27. The minimum atomic E-state index is -0.629. The number of benzene rings is 2. The highest BCUT2D eigenvalue weighted by Crippen LogP contribution is 2.19. The lowest BCUT2D eigenvalue weighted by Crippen LogP contribution is -2.30. The quantitative estimate of drug-likeness (QED) is 0.0382. The first-order valence-corrected chi connectivity index (χ1v) is 24.2. The zero-order valence-electron chi connectivity index (χ0n) is 43.2. The number of rotatable bonds is 25. The van der Waals surface area contributed by atoms with Crippen LogP contribution in [0.2, 0.25) is 0 Å². The fourth-order valence-corrected chi connectivity index (χ4v) is 7.47. The number of carbonyl (C=O) groups is 8. The predicted octanol–water partition coefficient (Wildman–Crippen LogP) is 3.16. The second-order valence-corrected chi connectivity index (χ2v) is 17.4. The minimum Gasteiger partial charge on any atom is -0.491 e. The van der Waals surface area contributed by atoms with E-state index in [-0.39, 0.29) is 105 Å². The molecule has 0 radical (unpaired) electrons. The Bertz CT molecular complexity index is 3280. The summed E-state index contributed by atoms with van der Waals surface area (Å²) in [6.45, 7) is 0.960. The standard InChI is InChI=1S/C51H58N16O11/c1-63-21-19-52-43(63)49(73)56-34-25-37(64(2)27-34)46(70)53-18-16-42(69)60-40-30-67(5)45(62-40)50(74)57-35-26-38(65(3)28-35)47(71)54-17-15-41(68)59-39-29-66(4)44(61-39)48(72)55-20-22-76-23-24-77-36-13-11-33(12-14-36)58-51(75)78-31-32-9-7-6-8-10-32/h6-14,19,21,25-30H,15-18,20,22-24,31H2,1-5H3,(H,53,70)(H,54,71)(H,55,72)(H,56,73)(H,57,74)(H,58,75)(H,59,68)(H,60,69). The van der Waals surface area contributed by atoms with Gasteiger partial charge in [-0.3, -0.25) is 38.9 Å². The van der Waals surface area contributed by atoms with Crippen molar-refractivity contribution in [3.8, 4) is 5.75 Å². The Hall–Kier alpha value is -10.1. The van der Waals surface area contributed by atoms with Gasteiger partial charge in [-0.15, -0.1) is 0 Å². The van der Waals surface area contributed by atoms with E-state index in [1.165, 1.54) is 55.2 Å². The molecular formula is C51H58N16O11. The molecule has 0 atom stereocenters. The van der Waals surface area contributed by atoms with Gasteiger partial charge in [0, 0.05) is 111 Å². The molecule has 8 amide bonds. The van der Waals surface area contributed by atoms with Gasteiger partial charge < -0.3 is 74.3 Å². The Morgan fingerprint density at radius 3 is 1.59 bits per heavy atom. The van der Waals surface area contributed by atoms with E-state index in [9.17, 15) is 38.4 Å². The zero-order valence-corrected chi connectivity index (χ0v) is 43.2. The number of ether oxygens (including phenoxy) is 3. The van der Waals surface area contributed by atoms with Crippen LogP contribution >= 0.6 is 0 Å². The third-order valence-electron chi connectivity index (χ3n) is 11.3. The highest BCUT2D eigenvalue weighted by molar-refractivity contribution is 6.04. The summed E-state index contributed by atoms with van der Waals surface area (Å²) in [5, 5.41) is 21.3. The van der Waals surface area contributed by atoms with Crippen LogP contribution in [0.3, 0.4) is 0 Å². The van der Waals surface area contributed by atoms with Gasteiger partial charge in [0.2, 0.25) is 23.5 Å². The Labute approximate surface area is 446 Å². The number of imidazole rings is 3. The molecule has 7 rings (SSSR count). The molecule has 5 heterocycles. The van der Waals surface area contributed by atoms with Crippen LogP contribution < -0.4 is 47.3 Å². The van der Waals surface area contributed by atoms with E-state index in [0.29, 0.717) is 17.1 Å². The van der Waals surface area contributed by atoms with E-state index in [1.807, 2.05) is 30.3 Å². The van der Waals surface area contributed by atoms with Crippen LogP contribution in [0.15, 0.2) is 104 Å². The van der Waals surface area contributed by atoms with E-state index in [4.69, 9.17) is 14.2 Å². The number of amides is 8. The van der Waals surface area contributed by atoms with Crippen molar-refractivity contribution in [2.24, 2.45) is 35.2 Å². The Morgan fingerprint density at radius 2 is 1.04 bits per heavy atom. The molecule has 27 heteroatoms. The fraction of sp³-hybridized carbons (Fsp3) is 0.275. The lowest BCUT2D eigenvalue weighted by atomic mass is 10.2. The zero-order chi connectivity index (χ0) is 55.7. The van der Waals surface area contributed by atoms with Crippen LogP contribution in [0.25, 0.3) is 0 Å². The van der Waals surface area contributed by atoms with E-state index in [1.54, 1.807) is 76.5 Å². The maximum Gasteiger partial charge on any atom is 0.411 e. The maximum atomic E-state index is 13.2. The summed E-state index contributed by atoms with van der Waals surface area (Å²) in [6, 6.07) is 19.1. The van der Waals surface area contributed by atoms with E-state index in [0.717, 1.165) is 5.56 Å². The third kappa shape index (κ3) is 15.7. The van der Waals surface area contributed by atoms with Crippen molar-refractivity contribution in [3.05, 3.63) is 138 Å².